The molecule has 0 aromatic heterocycles. The van der Waals surface area contributed by atoms with Gasteiger partial charge >= 0.3 is 0 Å². The van der Waals surface area contributed by atoms with Crippen LogP contribution in [0.3, 0.4) is 0 Å². The normalized spacial score (nSPS) is 39.4. The molecule has 1 aliphatic heterocycles. The van der Waals surface area contributed by atoms with Crippen molar-refractivity contribution in [1.82, 2.24) is 4.90 Å². The third-order valence-electron chi connectivity index (χ3n) is 3.93. The molecule has 0 amide bonds. The van der Waals surface area contributed by atoms with Crippen molar-refractivity contribution in [3.8, 4) is 0 Å². The lowest BCUT2D eigenvalue weighted by molar-refractivity contribution is 0.0828. The van der Waals surface area contributed by atoms with E-state index in [0.717, 1.165) is 12.3 Å². The van der Waals surface area contributed by atoms with Crippen LogP contribution >= 0.6 is 0 Å². The Morgan fingerprint density at radius 1 is 1.29 bits per heavy atom. The molecule has 1 aliphatic carbocycles. The summed E-state index contributed by atoms with van der Waals surface area (Å²) in [6.45, 7) is 4.75. The summed E-state index contributed by atoms with van der Waals surface area (Å²) < 4.78 is 0. The van der Waals surface area contributed by atoms with Gasteiger partial charge in [0.25, 0.3) is 0 Å². The van der Waals surface area contributed by atoms with Gasteiger partial charge in [0.15, 0.2) is 0 Å². The van der Waals surface area contributed by atoms with Crippen LogP contribution in [0.2, 0.25) is 0 Å². The summed E-state index contributed by atoms with van der Waals surface area (Å²) in [5.74, 6) is 0.910. The van der Waals surface area contributed by atoms with Crippen molar-refractivity contribution in [2.24, 2.45) is 5.92 Å². The minimum Gasteiger partial charge on any atom is -0.391 e. The Balaban J connectivity index is 1.82. The number of aliphatic hydroxyl groups excluding tert-OH is 1. The zero-order valence-corrected chi connectivity index (χ0v) is 9.28. The van der Waals surface area contributed by atoms with E-state index in [4.69, 9.17) is 0 Å². The highest BCUT2D eigenvalue weighted by atomic mass is 16.3. The lowest BCUT2D eigenvalue weighted by Gasteiger charge is -2.26. The topological polar surface area (TPSA) is 23.5 Å². The molecule has 2 nitrogen and oxygen atoms in total. The largest absolute Gasteiger partial charge is 0.391 e. The van der Waals surface area contributed by atoms with Crippen molar-refractivity contribution >= 4 is 0 Å². The van der Waals surface area contributed by atoms with Crippen LogP contribution in [0.1, 0.15) is 45.4 Å². The molecule has 0 bridgehead atoms. The van der Waals surface area contributed by atoms with E-state index in [1.54, 1.807) is 0 Å². The number of nitrogens with zero attached hydrogens (tertiary/aromatic N) is 1. The quantitative estimate of drug-likeness (QED) is 0.748. The van der Waals surface area contributed by atoms with Crippen LogP contribution < -0.4 is 0 Å². The fourth-order valence-electron chi connectivity index (χ4n) is 3.15. The molecule has 1 N–H and O–H groups in total. The monoisotopic (exact) mass is 197 g/mol. The number of aliphatic hydroxyl groups is 1. The number of hydrogen-bond acceptors (Lipinski definition) is 2. The highest BCUT2D eigenvalue weighted by Crippen LogP contribution is 2.30. The Bertz CT molecular complexity index is 183. The Morgan fingerprint density at radius 3 is 2.79 bits per heavy atom. The fraction of sp³-hybridized carbons (Fsp3) is 1.00. The van der Waals surface area contributed by atoms with Gasteiger partial charge in [-0.15, -0.1) is 0 Å². The van der Waals surface area contributed by atoms with E-state index >= 15 is 0 Å². The van der Waals surface area contributed by atoms with Crippen molar-refractivity contribution in [3.05, 3.63) is 0 Å². The average molecular weight is 197 g/mol. The Morgan fingerprint density at radius 2 is 2.14 bits per heavy atom. The maximum atomic E-state index is 9.82. The predicted molar refractivity (Wildman–Crippen MR) is 58.2 cm³/mol. The molecule has 2 fully saturated rings. The van der Waals surface area contributed by atoms with Gasteiger partial charge < -0.3 is 5.11 Å². The van der Waals surface area contributed by atoms with Gasteiger partial charge in [-0.1, -0.05) is 13.3 Å². The van der Waals surface area contributed by atoms with Crippen LogP contribution in [0.5, 0.6) is 0 Å². The van der Waals surface area contributed by atoms with E-state index in [0.29, 0.717) is 6.04 Å². The SMILES string of the molecule is CCCC1CCN([C@H]2CCC[C@@H]2O)C1. The molecular formula is C12H23NO. The van der Waals surface area contributed by atoms with E-state index in [2.05, 4.69) is 11.8 Å². The Hall–Kier alpha value is -0.0800. The molecule has 0 aromatic carbocycles. The van der Waals surface area contributed by atoms with Crippen LogP contribution in [0.15, 0.2) is 0 Å². The van der Waals surface area contributed by atoms with E-state index in [1.165, 1.54) is 45.2 Å². The van der Waals surface area contributed by atoms with Crippen molar-refractivity contribution in [3.63, 3.8) is 0 Å². The smallest absolute Gasteiger partial charge is 0.0695 e. The van der Waals surface area contributed by atoms with Crippen LogP contribution in [0.25, 0.3) is 0 Å². The fourth-order valence-corrected chi connectivity index (χ4v) is 3.15. The predicted octanol–water partition coefficient (Wildman–Crippen LogP) is 2.02. The second-order valence-electron chi connectivity index (χ2n) is 5.00. The van der Waals surface area contributed by atoms with Gasteiger partial charge in [-0.05, 0) is 44.6 Å². The summed E-state index contributed by atoms with van der Waals surface area (Å²) in [7, 11) is 0. The van der Waals surface area contributed by atoms with E-state index in [9.17, 15) is 5.11 Å². The molecule has 2 aliphatic rings. The van der Waals surface area contributed by atoms with E-state index < -0.39 is 0 Å². The highest BCUT2D eigenvalue weighted by Gasteiger charge is 2.34. The van der Waals surface area contributed by atoms with Crippen molar-refractivity contribution < 1.29 is 5.11 Å². The molecule has 1 saturated heterocycles. The van der Waals surface area contributed by atoms with Gasteiger partial charge in [-0.25, -0.2) is 0 Å². The molecule has 1 unspecified atom stereocenters. The third-order valence-corrected chi connectivity index (χ3v) is 3.93. The average Bonchev–Trinajstić information content (AvgIpc) is 2.74. The molecule has 82 valence electrons. The standard InChI is InChI=1S/C12H23NO/c1-2-4-10-7-8-13(9-10)11-5-3-6-12(11)14/h10-12,14H,2-9H2,1H3/t10?,11-,12-/m0/s1. The summed E-state index contributed by atoms with van der Waals surface area (Å²) in [6.07, 6.45) is 7.48. The second kappa shape index (κ2) is 4.63. The minimum absolute atomic E-state index is 0.0321. The molecule has 2 rings (SSSR count). The molecule has 0 spiro atoms. The third kappa shape index (κ3) is 2.12. The summed E-state index contributed by atoms with van der Waals surface area (Å²) >= 11 is 0. The molecule has 3 atom stereocenters. The first kappa shape index (κ1) is 10.4. The Labute approximate surface area is 87.3 Å². The summed E-state index contributed by atoms with van der Waals surface area (Å²) in [5, 5.41) is 9.82. The minimum atomic E-state index is -0.0321. The maximum Gasteiger partial charge on any atom is 0.0695 e. The van der Waals surface area contributed by atoms with Crippen molar-refractivity contribution in [2.75, 3.05) is 13.1 Å². The lowest BCUT2D eigenvalue weighted by atomic mass is 10.0. The number of hydrogen-bond donors (Lipinski definition) is 1. The van der Waals surface area contributed by atoms with Crippen LogP contribution in [0, 0.1) is 5.92 Å². The number of likely N-dealkylation sites (tertiary alicyclic amines) is 1. The van der Waals surface area contributed by atoms with Gasteiger partial charge in [0.2, 0.25) is 0 Å². The molecular weight excluding hydrogens is 174 g/mol. The Kier molecular flexibility index (Phi) is 3.45. The summed E-state index contributed by atoms with van der Waals surface area (Å²) in [5.41, 5.74) is 0. The van der Waals surface area contributed by atoms with E-state index in [-0.39, 0.29) is 6.10 Å². The molecule has 0 radical (unpaired) electrons. The van der Waals surface area contributed by atoms with Gasteiger partial charge in [0.05, 0.1) is 6.10 Å². The van der Waals surface area contributed by atoms with E-state index in [1.807, 2.05) is 0 Å². The van der Waals surface area contributed by atoms with Crippen LogP contribution in [-0.4, -0.2) is 35.2 Å². The van der Waals surface area contributed by atoms with Crippen LogP contribution in [0.4, 0.5) is 0 Å². The van der Waals surface area contributed by atoms with Gasteiger partial charge in [0.1, 0.15) is 0 Å². The lowest BCUT2D eigenvalue weighted by Crippen LogP contribution is -2.38. The molecule has 2 heteroatoms. The van der Waals surface area contributed by atoms with Crippen molar-refractivity contribution in [1.29, 1.82) is 0 Å². The molecule has 1 heterocycles. The summed E-state index contributed by atoms with van der Waals surface area (Å²) in [4.78, 5) is 2.54. The van der Waals surface area contributed by atoms with Crippen molar-refractivity contribution in [2.45, 2.75) is 57.6 Å². The number of rotatable bonds is 3. The van der Waals surface area contributed by atoms with Crippen LogP contribution in [-0.2, 0) is 0 Å². The van der Waals surface area contributed by atoms with Gasteiger partial charge in [0, 0.05) is 12.6 Å². The first-order valence-electron chi connectivity index (χ1n) is 6.23. The highest BCUT2D eigenvalue weighted by molar-refractivity contribution is 4.89. The molecule has 14 heavy (non-hydrogen) atoms. The summed E-state index contributed by atoms with van der Waals surface area (Å²) in [6, 6.07) is 0.497. The first-order chi connectivity index (χ1) is 6.81. The second-order valence-corrected chi connectivity index (χ2v) is 5.00. The molecule has 0 aromatic rings. The van der Waals surface area contributed by atoms with Gasteiger partial charge in [-0.3, -0.25) is 4.90 Å². The first-order valence-corrected chi connectivity index (χ1v) is 6.23. The molecule has 1 saturated carbocycles. The van der Waals surface area contributed by atoms with Gasteiger partial charge in [-0.2, -0.15) is 0 Å². The zero-order chi connectivity index (χ0) is 9.97. The maximum absolute atomic E-state index is 9.82. The zero-order valence-electron chi connectivity index (χ0n) is 9.28.